The SMILES string of the molecule is Clc1cccc(C=NNc2ccccc2)c1Cl. The van der Waals surface area contributed by atoms with Crippen molar-refractivity contribution in [3.63, 3.8) is 0 Å². The first-order valence-corrected chi connectivity index (χ1v) is 5.81. The number of anilines is 1. The van der Waals surface area contributed by atoms with Gasteiger partial charge in [0, 0.05) is 5.56 Å². The molecular weight excluding hydrogens is 255 g/mol. The Balaban J connectivity index is 2.09. The number of nitrogens with zero attached hydrogens (tertiary/aromatic N) is 1. The first-order valence-electron chi connectivity index (χ1n) is 5.05. The molecule has 17 heavy (non-hydrogen) atoms. The van der Waals surface area contributed by atoms with Crippen LogP contribution in [0, 0.1) is 0 Å². The lowest BCUT2D eigenvalue weighted by atomic mass is 10.2. The predicted octanol–water partition coefficient (Wildman–Crippen LogP) is 4.44. The van der Waals surface area contributed by atoms with Gasteiger partial charge >= 0.3 is 0 Å². The van der Waals surface area contributed by atoms with Crippen molar-refractivity contribution in [3.8, 4) is 0 Å². The molecule has 0 spiro atoms. The molecule has 0 unspecified atom stereocenters. The fourth-order valence-corrected chi connectivity index (χ4v) is 1.67. The van der Waals surface area contributed by atoms with Crippen LogP contribution in [-0.2, 0) is 0 Å². The molecule has 0 aromatic heterocycles. The minimum Gasteiger partial charge on any atom is -0.279 e. The van der Waals surface area contributed by atoms with Gasteiger partial charge in [-0.3, -0.25) is 5.43 Å². The third kappa shape index (κ3) is 3.22. The number of hydrogen-bond acceptors (Lipinski definition) is 2. The molecule has 0 amide bonds. The van der Waals surface area contributed by atoms with Gasteiger partial charge in [0.2, 0.25) is 0 Å². The average molecular weight is 265 g/mol. The first kappa shape index (κ1) is 12.0. The van der Waals surface area contributed by atoms with E-state index in [9.17, 15) is 0 Å². The number of nitrogens with one attached hydrogen (secondary N) is 1. The van der Waals surface area contributed by atoms with Crippen LogP contribution < -0.4 is 5.43 Å². The van der Waals surface area contributed by atoms with Crippen molar-refractivity contribution >= 4 is 35.1 Å². The second-order valence-electron chi connectivity index (χ2n) is 3.38. The van der Waals surface area contributed by atoms with Crippen molar-refractivity contribution in [2.75, 3.05) is 5.43 Å². The van der Waals surface area contributed by atoms with Crippen molar-refractivity contribution in [2.24, 2.45) is 5.10 Å². The van der Waals surface area contributed by atoms with Crippen LogP contribution in [0.1, 0.15) is 5.56 Å². The van der Waals surface area contributed by atoms with Gasteiger partial charge in [-0.25, -0.2) is 0 Å². The van der Waals surface area contributed by atoms with Crippen molar-refractivity contribution in [2.45, 2.75) is 0 Å². The molecule has 4 heteroatoms. The zero-order chi connectivity index (χ0) is 12.1. The van der Waals surface area contributed by atoms with Gasteiger partial charge in [0.15, 0.2) is 0 Å². The number of halogens is 2. The molecule has 2 aromatic rings. The van der Waals surface area contributed by atoms with Crippen LogP contribution in [0.2, 0.25) is 10.0 Å². The summed E-state index contributed by atoms with van der Waals surface area (Å²) in [7, 11) is 0. The van der Waals surface area contributed by atoms with E-state index in [4.69, 9.17) is 23.2 Å². The van der Waals surface area contributed by atoms with Crippen LogP contribution >= 0.6 is 23.2 Å². The van der Waals surface area contributed by atoms with E-state index in [1.54, 1.807) is 12.3 Å². The van der Waals surface area contributed by atoms with E-state index < -0.39 is 0 Å². The number of benzene rings is 2. The molecule has 0 heterocycles. The third-order valence-electron chi connectivity index (χ3n) is 2.15. The van der Waals surface area contributed by atoms with Gasteiger partial charge in [0.05, 0.1) is 21.9 Å². The van der Waals surface area contributed by atoms with Gasteiger partial charge in [-0.15, -0.1) is 0 Å². The van der Waals surface area contributed by atoms with Gasteiger partial charge in [-0.05, 0) is 18.2 Å². The highest BCUT2D eigenvalue weighted by Gasteiger charge is 2.00. The molecule has 0 aliphatic rings. The largest absolute Gasteiger partial charge is 0.279 e. The Bertz CT molecular complexity index is 524. The highest BCUT2D eigenvalue weighted by Crippen LogP contribution is 2.24. The molecule has 0 bridgehead atoms. The maximum absolute atomic E-state index is 6.02. The molecule has 0 radical (unpaired) electrons. The van der Waals surface area contributed by atoms with E-state index >= 15 is 0 Å². The quantitative estimate of drug-likeness (QED) is 0.644. The molecule has 0 saturated heterocycles. The van der Waals surface area contributed by atoms with E-state index in [0.717, 1.165) is 11.3 Å². The van der Waals surface area contributed by atoms with Crippen LogP contribution in [0.5, 0.6) is 0 Å². The van der Waals surface area contributed by atoms with Crippen LogP contribution in [-0.4, -0.2) is 6.21 Å². The maximum atomic E-state index is 6.02. The number of hydrogen-bond donors (Lipinski definition) is 1. The summed E-state index contributed by atoms with van der Waals surface area (Å²) < 4.78 is 0. The minimum absolute atomic E-state index is 0.507. The molecular formula is C13H10Cl2N2. The number of rotatable bonds is 3. The molecule has 1 N–H and O–H groups in total. The minimum atomic E-state index is 0.507. The lowest BCUT2D eigenvalue weighted by molar-refractivity contribution is 1.35. The standard InChI is InChI=1S/C13H10Cl2N2/c14-12-8-4-5-10(13(12)15)9-16-17-11-6-2-1-3-7-11/h1-9,17H. The normalized spacial score (nSPS) is 10.7. The zero-order valence-electron chi connectivity index (χ0n) is 8.90. The van der Waals surface area contributed by atoms with Crippen molar-refractivity contribution in [1.29, 1.82) is 0 Å². The number of hydrazone groups is 1. The lowest BCUT2D eigenvalue weighted by Gasteiger charge is -2.01. The van der Waals surface area contributed by atoms with E-state index in [-0.39, 0.29) is 0 Å². The van der Waals surface area contributed by atoms with Gasteiger partial charge in [0.1, 0.15) is 0 Å². The summed E-state index contributed by atoms with van der Waals surface area (Å²) >= 11 is 11.9. The Morgan fingerprint density at radius 1 is 0.941 bits per heavy atom. The van der Waals surface area contributed by atoms with Crippen LogP contribution in [0.25, 0.3) is 0 Å². The molecule has 2 nitrogen and oxygen atoms in total. The fraction of sp³-hybridized carbons (Fsp3) is 0. The Kier molecular flexibility index (Phi) is 4.02. The van der Waals surface area contributed by atoms with E-state index in [1.165, 1.54) is 0 Å². The Morgan fingerprint density at radius 2 is 1.71 bits per heavy atom. The van der Waals surface area contributed by atoms with E-state index in [2.05, 4.69) is 10.5 Å². The van der Waals surface area contributed by atoms with Gasteiger partial charge in [-0.2, -0.15) is 5.10 Å². The van der Waals surface area contributed by atoms with Gasteiger partial charge in [-0.1, -0.05) is 53.5 Å². The smallest absolute Gasteiger partial charge is 0.0680 e. The van der Waals surface area contributed by atoms with E-state index in [1.807, 2.05) is 42.5 Å². The summed E-state index contributed by atoms with van der Waals surface area (Å²) in [5.74, 6) is 0. The first-order chi connectivity index (χ1) is 8.27. The summed E-state index contributed by atoms with van der Waals surface area (Å²) in [6.45, 7) is 0. The van der Waals surface area contributed by atoms with Crippen LogP contribution in [0.3, 0.4) is 0 Å². The predicted molar refractivity (Wildman–Crippen MR) is 74.1 cm³/mol. The zero-order valence-corrected chi connectivity index (χ0v) is 10.4. The van der Waals surface area contributed by atoms with Crippen molar-refractivity contribution in [3.05, 3.63) is 64.1 Å². The molecule has 0 aliphatic heterocycles. The number of para-hydroxylation sites is 1. The summed E-state index contributed by atoms with van der Waals surface area (Å²) in [6.07, 6.45) is 1.64. The highest BCUT2D eigenvalue weighted by atomic mass is 35.5. The monoisotopic (exact) mass is 264 g/mol. The van der Waals surface area contributed by atoms with Crippen molar-refractivity contribution in [1.82, 2.24) is 0 Å². The summed E-state index contributed by atoms with van der Waals surface area (Å²) in [5.41, 5.74) is 4.61. The summed E-state index contributed by atoms with van der Waals surface area (Å²) in [4.78, 5) is 0. The molecule has 0 aliphatic carbocycles. The maximum Gasteiger partial charge on any atom is 0.0680 e. The average Bonchev–Trinajstić information content (AvgIpc) is 2.36. The second-order valence-corrected chi connectivity index (χ2v) is 4.16. The van der Waals surface area contributed by atoms with Crippen LogP contribution in [0.15, 0.2) is 53.6 Å². The van der Waals surface area contributed by atoms with Gasteiger partial charge in [0.25, 0.3) is 0 Å². The van der Waals surface area contributed by atoms with Gasteiger partial charge < -0.3 is 0 Å². The molecule has 0 atom stereocenters. The molecule has 0 saturated carbocycles. The molecule has 86 valence electrons. The summed E-state index contributed by atoms with van der Waals surface area (Å²) in [6, 6.07) is 15.1. The Labute approximate surface area is 110 Å². The fourth-order valence-electron chi connectivity index (χ4n) is 1.31. The Hall–Kier alpha value is -1.51. The topological polar surface area (TPSA) is 24.4 Å². The van der Waals surface area contributed by atoms with Crippen molar-refractivity contribution < 1.29 is 0 Å². The highest BCUT2D eigenvalue weighted by molar-refractivity contribution is 6.43. The molecule has 2 rings (SSSR count). The summed E-state index contributed by atoms with van der Waals surface area (Å²) in [5, 5.41) is 5.13. The lowest BCUT2D eigenvalue weighted by Crippen LogP contribution is -1.90. The van der Waals surface area contributed by atoms with Crippen LogP contribution in [0.4, 0.5) is 5.69 Å². The molecule has 0 fully saturated rings. The third-order valence-corrected chi connectivity index (χ3v) is 2.99. The second kappa shape index (κ2) is 5.71. The van der Waals surface area contributed by atoms with E-state index in [0.29, 0.717) is 10.0 Å². The Morgan fingerprint density at radius 3 is 2.47 bits per heavy atom. The molecule has 2 aromatic carbocycles.